The number of piperidine rings is 1. The molecule has 122 valence electrons. The first kappa shape index (κ1) is 15.5. The minimum absolute atomic E-state index is 0.127. The van der Waals surface area contributed by atoms with Crippen molar-refractivity contribution in [2.24, 2.45) is 7.05 Å². The van der Waals surface area contributed by atoms with Crippen LogP contribution in [-0.2, 0) is 18.3 Å². The molecule has 0 aromatic carbocycles. The Balaban J connectivity index is 1.51. The largest absolute Gasteiger partial charge is 0.390 e. The molecule has 1 N–H and O–H groups in total. The number of hydrogen-bond donors (Lipinski definition) is 1. The third kappa shape index (κ3) is 3.50. The third-order valence-corrected chi connectivity index (χ3v) is 4.86. The van der Waals surface area contributed by atoms with Crippen LogP contribution >= 0.6 is 0 Å². The van der Waals surface area contributed by atoms with Crippen molar-refractivity contribution in [1.29, 1.82) is 0 Å². The summed E-state index contributed by atoms with van der Waals surface area (Å²) in [5.41, 5.74) is 1.09. The maximum Gasteiger partial charge on any atom is 0.223 e. The lowest BCUT2D eigenvalue weighted by atomic mass is 10.1. The normalized spacial score (nSPS) is 26.5. The minimum Gasteiger partial charge on any atom is -0.390 e. The summed E-state index contributed by atoms with van der Waals surface area (Å²) in [6.07, 6.45) is 8.26. The summed E-state index contributed by atoms with van der Waals surface area (Å²) >= 11 is 0. The maximum atomic E-state index is 12.4. The number of carbonyl (C=O) groups is 1. The van der Waals surface area contributed by atoms with Gasteiger partial charge < -0.3 is 10.0 Å². The summed E-state index contributed by atoms with van der Waals surface area (Å²) in [6.45, 7) is 3.26. The van der Waals surface area contributed by atoms with E-state index in [9.17, 15) is 9.90 Å². The lowest BCUT2D eigenvalue weighted by molar-refractivity contribution is -0.130. The number of aliphatic hydroxyl groups is 1. The van der Waals surface area contributed by atoms with Crippen LogP contribution in [0.5, 0.6) is 0 Å². The Hall–Kier alpha value is -1.40. The molecule has 2 aliphatic heterocycles. The van der Waals surface area contributed by atoms with Crippen molar-refractivity contribution in [3.8, 4) is 0 Å². The van der Waals surface area contributed by atoms with Gasteiger partial charge in [0.15, 0.2) is 0 Å². The zero-order valence-electron chi connectivity index (χ0n) is 13.3. The van der Waals surface area contributed by atoms with Gasteiger partial charge >= 0.3 is 0 Å². The van der Waals surface area contributed by atoms with Crippen LogP contribution in [0.4, 0.5) is 0 Å². The summed E-state index contributed by atoms with van der Waals surface area (Å²) in [6, 6.07) is 0.127. The van der Waals surface area contributed by atoms with Gasteiger partial charge in [-0.15, -0.1) is 0 Å². The number of amides is 1. The molecule has 0 bridgehead atoms. The molecule has 0 radical (unpaired) electrons. The number of likely N-dealkylation sites (tertiary alicyclic amines) is 2. The van der Waals surface area contributed by atoms with Crippen LogP contribution in [0.1, 0.15) is 31.2 Å². The molecular formula is C16H26N4O2. The van der Waals surface area contributed by atoms with E-state index in [1.165, 1.54) is 19.3 Å². The van der Waals surface area contributed by atoms with Crippen LogP contribution in [0.3, 0.4) is 0 Å². The van der Waals surface area contributed by atoms with Crippen LogP contribution in [0.2, 0.25) is 0 Å². The quantitative estimate of drug-likeness (QED) is 0.875. The van der Waals surface area contributed by atoms with E-state index < -0.39 is 6.10 Å². The Labute approximate surface area is 131 Å². The first-order valence-electron chi connectivity index (χ1n) is 8.31. The van der Waals surface area contributed by atoms with E-state index in [1.54, 1.807) is 4.68 Å². The summed E-state index contributed by atoms with van der Waals surface area (Å²) in [5, 5.41) is 14.4. The van der Waals surface area contributed by atoms with Gasteiger partial charge in [0.2, 0.25) is 5.91 Å². The van der Waals surface area contributed by atoms with Gasteiger partial charge in [-0.2, -0.15) is 5.10 Å². The van der Waals surface area contributed by atoms with E-state index in [0.29, 0.717) is 25.9 Å². The summed E-state index contributed by atoms with van der Waals surface area (Å²) in [7, 11) is 1.88. The third-order valence-electron chi connectivity index (χ3n) is 4.86. The predicted molar refractivity (Wildman–Crippen MR) is 83.3 cm³/mol. The van der Waals surface area contributed by atoms with Crippen molar-refractivity contribution in [3.05, 3.63) is 18.0 Å². The fourth-order valence-electron chi connectivity index (χ4n) is 3.59. The summed E-state index contributed by atoms with van der Waals surface area (Å²) in [4.78, 5) is 16.6. The molecule has 6 nitrogen and oxygen atoms in total. The second-order valence-electron chi connectivity index (χ2n) is 6.55. The topological polar surface area (TPSA) is 61.6 Å². The molecule has 0 aliphatic carbocycles. The van der Waals surface area contributed by atoms with Gasteiger partial charge in [0.05, 0.1) is 18.3 Å². The molecule has 2 fully saturated rings. The zero-order chi connectivity index (χ0) is 15.5. The summed E-state index contributed by atoms with van der Waals surface area (Å²) < 4.78 is 1.76. The second kappa shape index (κ2) is 6.79. The van der Waals surface area contributed by atoms with Gasteiger partial charge in [-0.05, 0) is 37.9 Å². The van der Waals surface area contributed by atoms with E-state index in [1.807, 2.05) is 24.3 Å². The lowest BCUT2D eigenvalue weighted by Gasteiger charge is -2.33. The van der Waals surface area contributed by atoms with Crippen LogP contribution in [-0.4, -0.2) is 68.9 Å². The van der Waals surface area contributed by atoms with Crippen molar-refractivity contribution in [2.45, 2.75) is 44.2 Å². The molecule has 3 rings (SSSR count). The van der Waals surface area contributed by atoms with Crippen molar-refractivity contribution in [3.63, 3.8) is 0 Å². The molecule has 3 heterocycles. The Kier molecular flexibility index (Phi) is 4.78. The predicted octanol–water partition coefficient (Wildman–Crippen LogP) is 0.410. The van der Waals surface area contributed by atoms with Gasteiger partial charge in [-0.3, -0.25) is 14.4 Å². The highest BCUT2D eigenvalue weighted by atomic mass is 16.3. The number of rotatable bonds is 4. The fraction of sp³-hybridized carbons (Fsp3) is 0.750. The molecule has 22 heavy (non-hydrogen) atoms. The van der Waals surface area contributed by atoms with Gasteiger partial charge in [-0.1, -0.05) is 6.42 Å². The highest BCUT2D eigenvalue weighted by Crippen LogP contribution is 2.21. The molecule has 6 heteroatoms. The minimum atomic E-state index is -0.402. The van der Waals surface area contributed by atoms with Crippen LogP contribution in [0.15, 0.2) is 12.4 Å². The molecule has 2 aliphatic rings. The molecule has 1 aromatic rings. The van der Waals surface area contributed by atoms with Crippen molar-refractivity contribution in [1.82, 2.24) is 19.6 Å². The van der Waals surface area contributed by atoms with Crippen LogP contribution < -0.4 is 0 Å². The number of aryl methyl sites for hydroxylation is 2. The highest BCUT2D eigenvalue weighted by Gasteiger charge is 2.37. The molecule has 0 unspecified atom stereocenters. The number of aromatic nitrogens is 2. The molecule has 1 amide bonds. The lowest BCUT2D eigenvalue weighted by Crippen LogP contribution is -2.46. The maximum absolute atomic E-state index is 12.4. The number of β-amino-alcohol motifs (C(OH)–C–C–N with tert-alkyl or cyclic N) is 1. The van der Waals surface area contributed by atoms with Gasteiger partial charge in [0, 0.05) is 32.8 Å². The Bertz CT molecular complexity index is 510. The first-order chi connectivity index (χ1) is 10.6. The number of hydrogen-bond acceptors (Lipinski definition) is 4. The van der Waals surface area contributed by atoms with Crippen LogP contribution in [0, 0.1) is 0 Å². The smallest absolute Gasteiger partial charge is 0.223 e. The zero-order valence-corrected chi connectivity index (χ0v) is 13.3. The van der Waals surface area contributed by atoms with Gasteiger partial charge in [0.25, 0.3) is 0 Å². The van der Waals surface area contributed by atoms with E-state index >= 15 is 0 Å². The van der Waals surface area contributed by atoms with Crippen LogP contribution in [0.25, 0.3) is 0 Å². The fourth-order valence-corrected chi connectivity index (χ4v) is 3.59. The number of carbonyl (C=O) groups excluding carboxylic acids is 1. The molecule has 2 atom stereocenters. The van der Waals surface area contributed by atoms with E-state index in [-0.39, 0.29) is 11.9 Å². The van der Waals surface area contributed by atoms with Crippen molar-refractivity contribution >= 4 is 5.91 Å². The molecule has 0 spiro atoms. The summed E-state index contributed by atoms with van der Waals surface area (Å²) in [5.74, 6) is 0.141. The van der Waals surface area contributed by atoms with Crippen molar-refractivity contribution in [2.75, 3.05) is 26.2 Å². The van der Waals surface area contributed by atoms with E-state index in [0.717, 1.165) is 18.7 Å². The van der Waals surface area contributed by atoms with Crippen molar-refractivity contribution < 1.29 is 9.90 Å². The van der Waals surface area contributed by atoms with E-state index in [4.69, 9.17) is 0 Å². The SMILES string of the molecule is Cn1cc(CCC(=O)N2C[C@H](O)[C@@H](N3CCCCC3)C2)cn1. The molecule has 0 saturated carbocycles. The highest BCUT2D eigenvalue weighted by molar-refractivity contribution is 5.77. The molecular weight excluding hydrogens is 280 g/mol. The average molecular weight is 306 g/mol. The average Bonchev–Trinajstić information content (AvgIpc) is 3.12. The Morgan fingerprint density at radius 2 is 2.09 bits per heavy atom. The molecule has 1 aromatic heterocycles. The number of aliphatic hydroxyl groups excluding tert-OH is 1. The van der Waals surface area contributed by atoms with E-state index in [2.05, 4.69) is 10.00 Å². The number of nitrogens with zero attached hydrogens (tertiary/aromatic N) is 4. The standard InChI is InChI=1S/C16H26N4O2/c1-18-10-13(9-17-18)5-6-16(22)20-11-14(15(21)12-20)19-7-3-2-4-8-19/h9-10,14-15,21H,2-8,11-12H2,1H3/t14-,15-/m0/s1. The van der Waals surface area contributed by atoms with Gasteiger partial charge in [-0.25, -0.2) is 0 Å². The Morgan fingerprint density at radius 3 is 2.77 bits per heavy atom. The Morgan fingerprint density at radius 1 is 1.32 bits per heavy atom. The second-order valence-corrected chi connectivity index (χ2v) is 6.55. The molecule has 2 saturated heterocycles. The first-order valence-corrected chi connectivity index (χ1v) is 8.31. The monoisotopic (exact) mass is 306 g/mol. The van der Waals surface area contributed by atoms with Gasteiger partial charge in [0.1, 0.15) is 0 Å².